The third-order valence-electron chi connectivity index (χ3n) is 4.71. The lowest BCUT2D eigenvalue weighted by Gasteiger charge is -2.35. The molecule has 2 unspecified atom stereocenters. The highest BCUT2D eigenvalue weighted by Crippen LogP contribution is 2.22. The lowest BCUT2D eigenvalue weighted by atomic mass is 10.0. The van der Waals surface area contributed by atoms with Crippen LogP contribution in [0, 0.1) is 5.82 Å². The lowest BCUT2D eigenvalue weighted by Crippen LogP contribution is -2.48. The zero-order chi connectivity index (χ0) is 19.9. The number of furan rings is 1. The molecule has 3 rings (SSSR count). The van der Waals surface area contributed by atoms with E-state index in [4.69, 9.17) is 9.15 Å². The number of hydrogen-bond acceptors (Lipinski definition) is 5. The number of carbonyl (C=O) groups is 2. The van der Waals surface area contributed by atoms with Gasteiger partial charge in [0.1, 0.15) is 18.1 Å². The molecule has 1 aromatic heterocycles. The molecule has 2 heterocycles. The molecule has 7 nitrogen and oxygen atoms in total. The van der Waals surface area contributed by atoms with E-state index in [1.54, 1.807) is 13.0 Å². The number of ether oxygens (including phenoxy) is 1. The van der Waals surface area contributed by atoms with Crippen molar-refractivity contribution in [2.45, 2.75) is 19.0 Å². The first-order chi connectivity index (χ1) is 13.5. The summed E-state index contributed by atoms with van der Waals surface area (Å²) in [6.07, 6.45) is 2.71. The molecule has 0 bridgehead atoms. The minimum Gasteiger partial charge on any atom is -0.472 e. The Kier molecular flexibility index (Phi) is 6.78. The number of nitrogens with zero attached hydrogens (tertiary/aromatic N) is 1. The molecule has 1 saturated heterocycles. The topological polar surface area (TPSA) is 83.8 Å². The van der Waals surface area contributed by atoms with Crippen molar-refractivity contribution in [3.63, 3.8) is 0 Å². The van der Waals surface area contributed by atoms with Crippen LogP contribution in [0.5, 0.6) is 0 Å². The van der Waals surface area contributed by atoms with Crippen LogP contribution in [0.2, 0.25) is 0 Å². The number of benzene rings is 1. The monoisotopic (exact) mass is 389 g/mol. The van der Waals surface area contributed by atoms with Crippen molar-refractivity contribution in [1.82, 2.24) is 15.5 Å². The van der Waals surface area contributed by atoms with Gasteiger partial charge in [-0.1, -0.05) is 12.1 Å². The Morgan fingerprint density at radius 3 is 2.71 bits per heavy atom. The van der Waals surface area contributed by atoms with E-state index in [1.165, 1.54) is 30.7 Å². The molecule has 28 heavy (non-hydrogen) atoms. The summed E-state index contributed by atoms with van der Waals surface area (Å²) in [6.45, 7) is 4.49. The van der Waals surface area contributed by atoms with Gasteiger partial charge in [0.15, 0.2) is 0 Å². The van der Waals surface area contributed by atoms with Crippen molar-refractivity contribution < 1.29 is 23.1 Å². The first-order valence-electron chi connectivity index (χ1n) is 9.22. The molecule has 1 fully saturated rings. The number of carbonyl (C=O) groups excluding carboxylic acids is 2. The number of halogens is 1. The van der Waals surface area contributed by atoms with Crippen molar-refractivity contribution in [2.24, 2.45) is 0 Å². The van der Waals surface area contributed by atoms with E-state index in [9.17, 15) is 14.0 Å². The van der Waals surface area contributed by atoms with E-state index in [1.807, 2.05) is 6.07 Å². The van der Waals surface area contributed by atoms with Gasteiger partial charge in [-0.15, -0.1) is 0 Å². The molecular weight excluding hydrogens is 365 g/mol. The standard InChI is InChI=1S/C20H24FN3O4/c1-14(23-20(26)16-5-8-28-13-16)19(25)22-12-18(24-6-9-27-10-7-24)15-3-2-4-17(21)11-15/h2-5,8,11,13-14,18H,6-7,9-10,12H2,1H3,(H,22,25)(H,23,26). The number of nitrogens with one attached hydrogen (secondary N) is 2. The average Bonchev–Trinajstić information content (AvgIpc) is 3.24. The van der Waals surface area contributed by atoms with Gasteiger partial charge in [-0.2, -0.15) is 0 Å². The summed E-state index contributed by atoms with van der Waals surface area (Å²) >= 11 is 0. The van der Waals surface area contributed by atoms with Crippen LogP contribution in [0.3, 0.4) is 0 Å². The number of rotatable bonds is 7. The molecule has 0 saturated carbocycles. The SMILES string of the molecule is CC(NC(=O)c1ccoc1)C(=O)NCC(c1cccc(F)c1)N1CCOCC1. The Morgan fingerprint density at radius 1 is 1.25 bits per heavy atom. The fourth-order valence-corrected chi connectivity index (χ4v) is 3.15. The largest absolute Gasteiger partial charge is 0.472 e. The molecular formula is C20H24FN3O4. The Morgan fingerprint density at radius 2 is 2.04 bits per heavy atom. The first-order valence-corrected chi connectivity index (χ1v) is 9.22. The van der Waals surface area contributed by atoms with Gasteiger partial charge >= 0.3 is 0 Å². The van der Waals surface area contributed by atoms with Crippen molar-refractivity contribution in [1.29, 1.82) is 0 Å². The van der Waals surface area contributed by atoms with Gasteiger partial charge in [0.25, 0.3) is 5.91 Å². The second kappa shape index (κ2) is 9.48. The highest BCUT2D eigenvalue weighted by Gasteiger charge is 2.25. The van der Waals surface area contributed by atoms with Gasteiger partial charge in [0.05, 0.1) is 31.1 Å². The fraction of sp³-hybridized carbons (Fsp3) is 0.400. The highest BCUT2D eigenvalue weighted by atomic mass is 19.1. The summed E-state index contributed by atoms with van der Waals surface area (Å²) in [4.78, 5) is 26.7. The summed E-state index contributed by atoms with van der Waals surface area (Å²) < 4.78 is 24.0. The summed E-state index contributed by atoms with van der Waals surface area (Å²) in [5.74, 6) is -1.01. The van der Waals surface area contributed by atoms with E-state index in [2.05, 4.69) is 15.5 Å². The predicted octanol–water partition coefficient (Wildman–Crippen LogP) is 1.73. The molecule has 0 radical (unpaired) electrons. The maximum Gasteiger partial charge on any atom is 0.255 e. The van der Waals surface area contributed by atoms with Crippen LogP contribution in [0.1, 0.15) is 28.9 Å². The van der Waals surface area contributed by atoms with Crippen molar-refractivity contribution in [3.8, 4) is 0 Å². The summed E-state index contributed by atoms with van der Waals surface area (Å²) in [6, 6.07) is 7.01. The molecule has 2 aromatic rings. The van der Waals surface area contributed by atoms with Crippen molar-refractivity contribution in [3.05, 3.63) is 59.8 Å². The Bertz CT molecular complexity index is 791. The third kappa shape index (κ3) is 5.17. The Hall–Kier alpha value is -2.71. The third-order valence-corrected chi connectivity index (χ3v) is 4.71. The maximum absolute atomic E-state index is 13.7. The van der Waals surface area contributed by atoms with Crippen LogP contribution < -0.4 is 10.6 Å². The van der Waals surface area contributed by atoms with Gasteiger partial charge in [0.2, 0.25) is 5.91 Å². The molecule has 1 aliphatic heterocycles. The molecule has 0 spiro atoms. The predicted molar refractivity (Wildman–Crippen MR) is 100 cm³/mol. The fourth-order valence-electron chi connectivity index (χ4n) is 3.15. The summed E-state index contributed by atoms with van der Waals surface area (Å²) in [5, 5.41) is 5.50. The second-order valence-corrected chi connectivity index (χ2v) is 6.67. The van der Waals surface area contributed by atoms with Crippen LogP contribution in [0.25, 0.3) is 0 Å². The number of amides is 2. The molecule has 8 heteroatoms. The summed E-state index contributed by atoms with van der Waals surface area (Å²) in [5.41, 5.74) is 1.14. The van der Waals surface area contributed by atoms with Crippen LogP contribution in [-0.4, -0.2) is 55.6 Å². The van der Waals surface area contributed by atoms with E-state index in [-0.39, 0.29) is 23.7 Å². The minimum absolute atomic E-state index is 0.180. The van der Waals surface area contributed by atoms with Crippen molar-refractivity contribution >= 4 is 11.8 Å². The van der Waals surface area contributed by atoms with Crippen LogP contribution in [-0.2, 0) is 9.53 Å². The van der Waals surface area contributed by atoms with Gasteiger partial charge in [0, 0.05) is 19.6 Å². The average molecular weight is 389 g/mol. The van der Waals surface area contributed by atoms with Crippen molar-refractivity contribution in [2.75, 3.05) is 32.8 Å². The minimum atomic E-state index is -0.722. The highest BCUT2D eigenvalue weighted by molar-refractivity contribution is 5.97. The van der Waals surface area contributed by atoms with Gasteiger partial charge in [-0.25, -0.2) is 4.39 Å². The number of hydrogen-bond donors (Lipinski definition) is 2. The molecule has 0 aliphatic carbocycles. The van der Waals surface area contributed by atoms with Crippen LogP contribution in [0.15, 0.2) is 47.3 Å². The zero-order valence-electron chi connectivity index (χ0n) is 15.7. The Labute approximate surface area is 162 Å². The molecule has 2 amide bonds. The number of morpholine rings is 1. The normalized spacial score (nSPS) is 16.9. The van der Waals surface area contributed by atoms with E-state index >= 15 is 0 Å². The van der Waals surface area contributed by atoms with E-state index < -0.39 is 6.04 Å². The van der Waals surface area contributed by atoms with Crippen LogP contribution >= 0.6 is 0 Å². The maximum atomic E-state index is 13.7. The molecule has 1 aliphatic rings. The molecule has 1 aromatic carbocycles. The molecule has 2 atom stereocenters. The molecule has 2 N–H and O–H groups in total. The second-order valence-electron chi connectivity index (χ2n) is 6.67. The lowest BCUT2D eigenvalue weighted by molar-refractivity contribution is -0.122. The quantitative estimate of drug-likeness (QED) is 0.754. The Balaban J connectivity index is 1.62. The first kappa shape index (κ1) is 20.0. The van der Waals surface area contributed by atoms with E-state index in [0.29, 0.717) is 38.4 Å². The smallest absolute Gasteiger partial charge is 0.255 e. The molecule has 150 valence electrons. The zero-order valence-corrected chi connectivity index (χ0v) is 15.7. The van der Waals surface area contributed by atoms with E-state index in [0.717, 1.165) is 5.56 Å². The summed E-state index contributed by atoms with van der Waals surface area (Å²) in [7, 11) is 0. The van der Waals surface area contributed by atoms with Crippen LogP contribution in [0.4, 0.5) is 4.39 Å². The van der Waals surface area contributed by atoms with Gasteiger partial charge in [-0.3, -0.25) is 14.5 Å². The van der Waals surface area contributed by atoms with Gasteiger partial charge in [-0.05, 0) is 30.7 Å². The van der Waals surface area contributed by atoms with Gasteiger partial charge < -0.3 is 19.8 Å².